The van der Waals surface area contributed by atoms with Crippen molar-refractivity contribution in [1.29, 1.82) is 5.26 Å². The van der Waals surface area contributed by atoms with Gasteiger partial charge in [-0.05, 0) is 30.3 Å². The van der Waals surface area contributed by atoms with Crippen LogP contribution in [0.5, 0.6) is 0 Å². The highest BCUT2D eigenvalue weighted by Crippen LogP contribution is 2.22. The van der Waals surface area contributed by atoms with Crippen molar-refractivity contribution in [2.75, 3.05) is 38.2 Å². The Kier molecular flexibility index (Phi) is 6.88. The normalized spacial score (nSPS) is 15.3. The third-order valence-electron chi connectivity index (χ3n) is 4.82. The third-order valence-corrected chi connectivity index (χ3v) is 5.06. The van der Waals surface area contributed by atoms with Gasteiger partial charge in [-0.15, -0.1) is 0 Å². The van der Waals surface area contributed by atoms with Crippen LogP contribution in [-0.2, 0) is 21.4 Å². The Morgan fingerprint density at radius 3 is 2.69 bits per heavy atom. The number of morpholine rings is 1. The number of anilines is 1. The first-order chi connectivity index (χ1) is 14.0. The molecule has 8 nitrogen and oxygen atoms in total. The lowest BCUT2D eigenvalue weighted by atomic mass is 10.1. The van der Waals surface area contributed by atoms with E-state index < -0.39 is 11.8 Å². The molecule has 2 amide bonds. The summed E-state index contributed by atoms with van der Waals surface area (Å²) in [6, 6.07) is 10.3. The molecule has 1 unspecified atom stereocenters. The number of hydrogen-bond donors (Lipinski definition) is 2. The van der Waals surface area contributed by atoms with Crippen molar-refractivity contribution in [2.45, 2.75) is 6.04 Å². The van der Waals surface area contributed by atoms with Gasteiger partial charge >= 0.3 is 11.8 Å². The number of hydrogen-bond acceptors (Lipinski definition) is 5. The van der Waals surface area contributed by atoms with Gasteiger partial charge in [-0.25, -0.2) is 0 Å². The summed E-state index contributed by atoms with van der Waals surface area (Å²) in [5.74, 6) is -1.63. The quantitative estimate of drug-likeness (QED) is 0.724. The molecule has 1 fully saturated rings. The maximum absolute atomic E-state index is 12.4. The highest BCUT2D eigenvalue weighted by Gasteiger charge is 2.26. The molecular weight excluding hydrogens is 394 g/mol. The summed E-state index contributed by atoms with van der Waals surface area (Å²) in [5.41, 5.74) is 1.46. The lowest BCUT2D eigenvalue weighted by molar-refractivity contribution is -0.136. The van der Waals surface area contributed by atoms with Crippen molar-refractivity contribution < 1.29 is 14.3 Å². The number of nitriles is 1. The first-order valence-corrected chi connectivity index (χ1v) is 9.59. The van der Waals surface area contributed by atoms with Gasteiger partial charge in [0.1, 0.15) is 6.07 Å². The smallest absolute Gasteiger partial charge is 0.313 e. The summed E-state index contributed by atoms with van der Waals surface area (Å²) < 4.78 is 7.42. The number of nitrogens with one attached hydrogen (secondary N) is 2. The summed E-state index contributed by atoms with van der Waals surface area (Å²) >= 11 is 5.92. The van der Waals surface area contributed by atoms with E-state index in [1.165, 1.54) is 12.1 Å². The van der Waals surface area contributed by atoms with Crippen molar-refractivity contribution in [1.82, 2.24) is 14.8 Å². The number of aryl methyl sites for hydroxylation is 1. The van der Waals surface area contributed by atoms with Gasteiger partial charge in [0, 0.05) is 43.6 Å². The van der Waals surface area contributed by atoms with Crippen molar-refractivity contribution in [3.8, 4) is 6.07 Å². The van der Waals surface area contributed by atoms with E-state index in [9.17, 15) is 9.59 Å². The Labute approximate surface area is 174 Å². The molecule has 1 aromatic carbocycles. The van der Waals surface area contributed by atoms with E-state index >= 15 is 0 Å². The lowest BCUT2D eigenvalue weighted by Gasteiger charge is -2.34. The van der Waals surface area contributed by atoms with Crippen LogP contribution in [0, 0.1) is 11.3 Å². The van der Waals surface area contributed by atoms with Gasteiger partial charge in [-0.3, -0.25) is 14.5 Å². The fourth-order valence-electron chi connectivity index (χ4n) is 3.30. The molecule has 1 aromatic heterocycles. The number of rotatable bonds is 5. The molecular formula is C20H22ClN5O3. The number of benzene rings is 1. The van der Waals surface area contributed by atoms with Gasteiger partial charge in [-0.1, -0.05) is 11.6 Å². The van der Waals surface area contributed by atoms with Crippen LogP contribution < -0.4 is 10.6 Å². The molecule has 152 valence electrons. The average molecular weight is 416 g/mol. The van der Waals surface area contributed by atoms with E-state index in [2.05, 4.69) is 15.5 Å². The van der Waals surface area contributed by atoms with E-state index in [0.29, 0.717) is 18.2 Å². The fourth-order valence-corrected chi connectivity index (χ4v) is 3.47. The predicted molar refractivity (Wildman–Crippen MR) is 108 cm³/mol. The first-order valence-electron chi connectivity index (χ1n) is 9.21. The Morgan fingerprint density at radius 2 is 2.03 bits per heavy atom. The van der Waals surface area contributed by atoms with Crippen molar-refractivity contribution >= 4 is 29.1 Å². The number of nitrogens with zero attached hydrogens (tertiary/aromatic N) is 3. The SMILES string of the molecule is Cn1cccc1C(CNC(=O)C(=O)Nc1cc(Cl)ccc1C#N)N1CCOCC1. The van der Waals surface area contributed by atoms with Crippen molar-refractivity contribution in [3.63, 3.8) is 0 Å². The molecule has 1 aliphatic rings. The number of aromatic nitrogens is 1. The number of amides is 2. The van der Waals surface area contributed by atoms with Gasteiger partial charge in [-0.2, -0.15) is 5.26 Å². The molecule has 1 aliphatic heterocycles. The van der Waals surface area contributed by atoms with Crippen LogP contribution in [0.2, 0.25) is 5.02 Å². The summed E-state index contributed by atoms with van der Waals surface area (Å²) in [6.07, 6.45) is 1.94. The minimum absolute atomic E-state index is 0.0866. The van der Waals surface area contributed by atoms with Crippen molar-refractivity contribution in [3.05, 3.63) is 52.8 Å². The molecule has 2 N–H and O–H groups in total. The van der Waals surface area contributed by atoms with Crippen LogP contribution in [0.4, 0.5) is 5.69 Å². The molecule has 2 aromatic rings. The maximum atomic E-state index is 12.4. The Balaban J connectivity index is 1.67. The van der Waals surface area contributed by atoms with Crippen LogP contribution in [0.3, 0.4) is 0 Å². The second-order valence-corrected chi connectivity index (χ2v) is 7.11. The van der Waals surface area contributed by atoms with Crippen LogP contribution in [0.1, 0.15) is 17.3 Å². The predicted octanol–water partition coefficient (Wildman–Crippen LogP) is 1.68. The van der Waals surface area contributed by atoms with Crippen LogP contribution in [0.15, 0.2) is 36.5 Å². The van der Waals surface area contributed by atoms with E-state index in [0.717, 1.165) is 18.8 Å². The summed E-state index contributed by atoms with van der Waals surface area (Å²) in [4.78, 5) is 26.9. The van der Waals surface area contributed by atoms with E-state index in [1.54, 1.807) is 6.07 Å². The Hall–Kier alpha value is -2.86. The molecule has 3 rings (SSSR count). The molecule has 0 bridgehead atoms. The minimum Gasteiger partial charge on any atom is -0.379 e. The third kappa shape index (κ3) is 5.15. The summed E-state index contributed by atoms with van der Waals surface area (Å²) in [5, 5.41) is 14.7. The number of ether oxygens (including phenoxy) is 1. The maximum Gasteiger partial charge on any atom is 0.313 e. The van der Waals surface area contributed by atoms with Gasteiger partial charge in [0.15, 0.2) is 0 Å². The van der Waals surface area contributed by atoms with Gasteiger partial charge in [0.2, 0.25) is 0 Å². The molecule has 0 aliphatic carbocycles. The molecule has 1 atom stereocenters. The van der Waals surface area contributed by atoms with Gasteiger partial charge < -0.3 is 19.9 Å². The van der Waals surface area contributed by atoms with E-state index in [4.69, 9.17) is 21.6 Å². The summed E-state index contributed by atoms with van der Waals surface area (Å²) in [7, 11) is 1.94. The largest absolute Gasteiger partial charge is 0.379 e. The zero-order valence-corrected chi connectivity index (χ0v) is 16.8. The average Bonchev–Trinajstić information content (AvgIpc) is 3.14. The molecule has 0 radical (unpaired) electrons. The molecule has 0 saturated carbocycles. The van der Waals surface area contributed by atoms with Gasteiger partial charge in [0.25, 0.3) is 0 Å². The first kappa shape index (κ1) is 20.9. The second kappa shape index (κ2) is 9.56. The monoisotopic (exact) mass is 415 g/mol. The van der Waals surface area contributed by atoms with Crippen LogP contribution in [0.25, 0.3) is 0 Å². The number of carbonyl (C=O) groups is 2. The highest BCUT2D eigenvalue weighted by atomic mass is 35.5. The van der Waals surface area contributed by atoms with Gasteiger partial charge in [0.05, 0.1) is 30.5 Å². The summed E-state index contributed by atoms with van der Waals surface area (Å²) in [6.45, 7) is 3.00. The highest BCUT2D eigenvalue weighted by molar-refractivity contribution is 6.40. The Bertz CT molecular complexity index is 930. The topological polar surface area (TPSA) is 99.4 Å². The standard InChI is InChI=1S/C20H22ClN5O3/c1-25-6-2-3-17(25)18(26-7-9-29-10-8-26)13-23-19(27)20(28)24-16-11-15(21)5-4-14(16)12-22/h2-6,11,18H,7-10,13H2,1H3,(H,23,27)(H,24,28). The Morgan fingerprint density at radius 1 is 1.28 bits per heavy atom. The molecule has 2 heterocycles. The zero-order chi connectivity index (χ0) is 20.8. The molecule has 0 spiro atoms. The molecule has 29 heavy (non-hydrogen) atoms. The number of halogens is 1. The van der Waals surface area contributed by atoms with Crippen molar-refractivity contribution in [2.24, 2.45) is 7.05 Å². The fraction of sp³-hybridized carbons (Fsp3) is 0.350. The van der Waals surface area contributed by atoms with E-state index in [-0.39, 0.29) is 23.8 Å². The molecule has 9 heteroatoms. The van der Waals surface area contributed by atoms with Crippen LogP contribution >= 0.6 is 11.6 Å². The van der Waals surface area contributed by atoms with Crippen LogP contribution in [-0.4, -0.2) is 54.1 Å². The lowest BCUT2D eigenvalue weighted by Crippen LogP contribution is -2.46. The number of carbonyl (C=O) groups excluding carboxylic acids is 2. The van der Waals surface area contributed by atoms with E-state index in [1.807, 2.05) is 36.0 Å². The minimum atomic E-state index is -0.851. The zero-order valence-electron chi connectivity index (χ0n) is 16.0. The molecule has 1 saturated heterocycles. The second-order valence-electron chi connectivity index (χ2n) is 6.67.